The molecule has 1 heterocycles. The number of hydrogen-bond acceptors (Lipinski definition) is 4. The number of carbonyl (C=O) groups is 2. The number of Topliss-reactive ketones (excluding diaryl/α,β-unsaturated/α-hetero) is 1. The summed E-state index contributed by atoms with van der Waals surface area (Å²) in [5, 5.41) is 0. The average molecular weight is 302 g/mol. The van der Waals surface area contributed by atoms with Crippen LogP contribution in [0.3, 0.4) is 0 Å². The summed E-state index contributed by atoms with van der Waals surface area (Å²) in [6, 6.07) is 7.52. The molecule has 1 atom stereocenters. The first kappa shape index (κ1) is 14.9. The van der Waals surface area contributed by atoms with Gasteiger partial charge in [-0.2, -0.15) is 0 Å². The van der Waals surface area contributed by atoms with E-state index in [0.29, 0.717) is 37.9 Å². The van der Waals surface area contributed by atoms with Gasteiger partial charge in [-0.25, -0.2) is 4.79 Å². The highest BCUT2D eigenvalue weighted by Gasteiger charge is 2.44. The van der Waals surface area contributed by atoms with E-state index in [1.165, 1.54) is 0 Å². The molecular formula is C17H22N2O3. The van der Waals surface area contributed by atoms with E-state index in [2.05, 4.69) is 0 Å². The molecule has 5 nitrogen and oxygen atoms in total. The van der Waals surface area contributed by atoms with Crippen molar-refractivity contribution in [3.05, 3.63) is 29.8 Å². The third kappa shape index (κ3) is 2.80. The number of nitrogens with zero attached hydrogens (tertiary/aromatic N) is 1. The van der Waals surface area contributed by atoms with Crippen molar-refractivity contribution in [2.24, 2.45) is 0 Å². The Morgan fingerprint density at radius 3 is 2.36 bits per heavy atom. The largest absolute Gasteiger partial charge is 0.443 e. The number of anilines is 1. The van der Waals surface area contributed by atoms with E-state index in [1.807, 2.05) is 31.2 Å². The van der Waals surface area contributed by atoms with Gasteiger partial charge in [0.1, 0.15) is 11.4 Å². The molecule has 3 rings (SSSR count). The second kappa shape index (κ2) is 5.63. The summed E-state index contributed by atoms with van der Waals surface area (Å²) in [7, 11) is 0. The normalized spacial score (nSPS) is 22.5. The Hall–Kier alpha value is -2.04. The van der Waals surface area contributed by atoms with Crippen LogP contribution in [0.4, 0.5) is 10.5 Å². The van der Waals surface area contributed by atoms with Gasteiger partial charge in [-0.3, -0.25) is 4.79 Å². The predicted molar refractivity (Wildman–Crippen MR) is 83.3 cm³/mol. The van der Waals surface area contributed by atoms with Crippen LogP contribution >= 0.6 is 0 Å². The average Bonchev–Trinajstić information content (AvgIpc) is 2.51. The molecule has 2 N–H and O–H groups in total. The van der Waals surface area contributed by atoms with Gasteiger partial charge < -0.3 is 15.4 Å². The number of ether oxygens (including phenoxy) is 1. The smallest absolute Gasteiger partial charge is 0.410 e. The van der Waals surface area contributed by atoms with Crippen LogP contribution in [0, 0.1) is 0 Å². The first-order valence-corrected chi connectivity index (χ1v) is 7.86. The van der Waals surface area contributed by atoms with Crippen molar-refractivity contribution < 1.29 is 14.3 Å². The van der Waals surface area contributed by atoms with Gasteiger partial charge >= 0.3 is 6.09 Å². The molecule has 2 fully saturated rings. The lowest BCUT2D eigenvalue weighted by molar-refractivity contribution is -0.129. The molecule has 0 aromatic heterocycles. The van der Waals surface area contributed by atoms with Crippen molar-refractivity contribution in [3.8, 4) is 0 Å². The minimum atomic E-state index is -0.414. The molecule has 1 aromatic rings. The standard InChI is InChI=1S/C17H22N2O3/c1-12(13-2-4-14(18)5-3-13)19-11-10-17(22-16(19)21)8-6-15(20)7-9-17/h2-5,12H,6-11,18H2,1H3/t12-/m0/s1. The number of ketones is 1. The number of hydrogen-bond donors (Lipinski definition) is 1. The van der Waals surface area contributed by atoms with E-state index >= 15 is 0 Å². The topological polar surface area (TPSA) is 72.6 Å². The van der Waals surface area contributed by atoms with Crippen molar-refractivity contribution >= 4 is 17.6 Å². The summed E-state index contributed by atoms with van der Waals surface area (Å²) in [6.07, 6.45) is 2.92. The second-order valence-corrected chi connectivity index (χ2v) is 6.38. The SMILES string of the molecule is C[C@@H](c1ccc(N)cc1)N1CCC2(CCC(=O)CC2)OC1=O. The second-order valence-electron chi connectivity index (χ2n) is 6.38. The molecule has 1 aromatic carbocycles. The van der Waals surface area contributed by atoms with Crippen molar-refractivity contribution in [1.82, 2.24) is 4.90 Å². The third-order valence-corrected chi connectivity index (χ3v) is 4.95. The molecule has 1 aliphatic heterocycles. The van der Waals surface area contributed by atoms with Crippen LogP contribution < -0.4 is 5.73 Å². The predicted octanol–water partition coefficient (Wildman–Crippen LogP) is 3.05. The summed E-state index contributed by atoms with van der Waals surface area (Å²) in [6.45, 7) is 2.66. The van der Waals surface area contributed by atoms with Crippen molar-refractivity contribution in [3.63, 3.8) is 0 Å². The highest BCUT2D eigenvalue weighted by atomic mass is 16.6. The molecule has 118 valence electrons. The molecule has 22 heavy (non-hydrogen) atoms. The Morgan fingerprint density at radius 1 is 1.14 bits per heavy atom. The van der Waals surface area contributed by atoms with E-state index in [1.54, 1.807) is 4.90 Å². The minimum absolute atomic E-state index is 0.0457. The van der Waals surface area contributed by atoms with Crippen LogP contribution in [0.5, 0.6) is 0 Å². The molecule has 1 spiro atoms. The fourth-order valence-electron chi connectivity index (χ4n) is 3.35. The van der Waals surface area contributed by atoms with Crippen molar-refractivity contribution in [2.45, 2.75) is 50.7 Å². The minimum Gasteiger partial charge on any atom is -0.443 e. The summed E-state index contributed by atoms with van der Waals surface area (Å²) in [5.74, 6) is 0.277. The molecule has 1 saturated carbocycles. The number of nitrogens with two attached hydrogens (primary N) is 1. The van der Waals surface area contributed by atoms with Gasteiger partial charge in [0.2, 0.25) is 0 Å². The number of nitrogen functional groups attached to an aromatic ring is 1. The maximum absolute atomic E-state index is 12.4. The number of rotatable bonds is 2. The molecule has 5 heteroatoms. The molecule has 0 radical (unpaired) electrons. The molecule has 0 bridgehead atoms. The van der Waals surface area contributed by atoms with Crippen molar-refractivity contribution in [1.29, 1.82) is 0 Å². The highest BCUT2D eigenvalue weighted by molar-refractivity contribution is 5.80. The molecular weight excluding hydrogens is 280 g/mol. The van der Waals surface area contributed by atoms with Crippen LogP contribution in [-0.4, -0.2) is 28.9 Å². The maximum atomic E-state index is 12.4. The number of benzene rings is 1. The first-order chi connectivity index (χ1) is 10.5. The fraction of sp³-hybridized carbons (Fsp3) is 0.529. The Labute approximate surface area is 130 Å². The Balaban J connectivity index is 1.69. The summed E-state index contributed by atoms with van der Waals surface area (Å²) < 4.78 is 5.75. The van der Waals surface area contributed by atoms with E-state index < -0.39 is 5.60 Å². The van der Waals surface area contributed by atoms with Crippen LogP contribution in [-0.2, 0) is 9.53 Å². The van der Waals surface area contributed by atoms with Gasteiger partial charge in [0, 0.05) is 31.5 Å². The lowest BCUT2D eigenvalue weighted by Gasteiger charge is -2.44. The highest BCUT2D eigenvalue weighted by Crippen LogP contribution is 2.38. The summed E-state index contributed by atoms with van der Waals surface area (Å²) in [5.41, 5.74) is 7.04. The van der Waals surface area contributed by atoms with E-state index in [-0.39, 0.29) is 17.9 Å². The third-order valence-electron chi connectivity index (χ3n) is 4.95. The van der Waals surface area contributed by atoms with Gasteiger partial charge in [0.15, 0.2) is 0 Å². The Morgan fingerprint density at radius 2 is 1.77 bits per heavy atom. The van der Waals surface area contributed by atoms with Gasteiger partial charge in [-0.05, 0) is 37.5 Å². The van der Waals surface area contributed by atoms with E-state index in [4.69, 9.17) is 10.5 Å². The summed E-state index contributed by atoms with van der Waals surface area (Å²) >= 11 is 0. The molecule has 1 aliphatic carbocycles. The van der Waals surface area contributed by atoms with Crippen LogP contribution in [0.25, 0.3) is 0 Å². The number of carbonyl (C=O) groups excluding carboxylic acids is 2. The van der Waals surface area contributed by atoms with Crippen LogP contribution in [0.15, 0.2) is 24.3 Å². The zero-order chi connectivity index (χ0) is 15.7. The van der Waals surface area contributed by atoms with Gasteiger partial charge in [-0.1, -0.05) is 12.1 Å². The monoisotopic (exact) mass is 302 g/mol. The Bertz CT molecular complexity index is 572. The zero-order valence-corrected chi connectivity index (χ0v) is 12.9. The quantitative estimate of drug-likeness (QED) is 0.852. The molecule has 1 saturated heterocycles. The van der Waals surface area contributed by atoms with Crippen LogP contribution in [0.1, 0.15) is 50.6 Å². The molecule has 0 unspecified atom stereocenters. The number of amides is 1. The van der Waals surface area contributed by atoms with Gasteiger partial charge in [0.25, 0.3) is 0 Å². The van der Waals surface area contributed by atoms with Gasteiger partial charge in [-0.15, -0.1) is 0 Å². The van der Waals surface area contributed by atoms with E-state index in [9.17, 15) is 9.59 Å². The molecule has 2 aliphatic rings. The van der Waals surface area contributed by atoms with E-state index in [0.717, 1.165) is 12.0 Å². The van der Waals surface area contributed by atoms with Gasteiger partial charge in [0.05, 0.1) is 6.04 Å². The lowest BCUT2D eigenvalue weighted by atomic mass is 9.80. The zero-order valence-electron chi connectivity index (χ0n) is 12.9. The maximum Gasteiger partial charge on any atom is 0.410 e. The summed E-state index contributed by atoms with van der Waals surface area (Å²) in [4.78, 5) is 25.6. The fourth-order valence-corrected chi connectivity index (χ4v) is 3.35. The first-order valence-electron chi connectivity index (χ1n) is 7.86. The Kier molecular flexibility index (Phi) is 3.81. The molecule has 1 amide bonds. The van der Waals surface area contributed by atoms with Crippen molar-refractivity contribution in [2.75, 3.05) is 12.3 Å². The lowest BCUT2D eigenvalue weighted by Crippen LogP contribution is -2.51. The van der Waals surface area contributed by atoms with Crippen LogP contribution in [0.2, 0.25) is 0 Å².